The second kappa shape index (κ2) is 13.5. The fourth-order valence-corrected chi connectivity index (χ4v) is 3.71. The van der Waals surface area contributed by atoms with Crippen molar-refractivity contribution in [3.63, 3.8) is 0 Å². The Bertz CT molecular complexity index is 1480. The molecule has 40 heavy (non-hydrogen) atoms. The number of aromatic nitrogens is 3. The zero-order valence-corrected chi connectivity index (χ0v) is 24.4. The summed E-state index contributed by atoms with van der Waals surface area (Å²) < 4.78 is 4.85. The molecule has 0 saturated heterocycles. The van der Waals surface area contributed by atoms with Crippen LogP contribution in [0.1, 0.15) is 31.5 Å². The van der Waals surface area contributed by atoms with E-state index in [-0.39, 0.29) is 53.2 Å². The molecule has 3 aromatic heterocycles. The van der Waals surface area contributed by atoms with Gasteiger partial charge in [-0.1, -0.05) is 6.58 Å². The van der Waals surface area contributed by atoms with Gasteiger partial charge in [0.25, 0.3) is 23.6 Å². The highest BCUT2D eigenvalue weighted by Crippen LogP contribution is 2.20. The van der Waals surface area contributed by atoms with E-state index in [1.54, 1.807) is 53.4 Å². The first-order valence-corrected chi connectivity index (χ1v) is 12.3. The summed E-state index contributed by atoms with van der Waals surface area (Å²) in [5.74, 6) is -1.73. The van der Waals surface area contributed by atoms with Crippen LogP contribution >= 0.6 is 28.3 Å². The molecule has 0 aliphatic heterocycles. The van der Waals surface area contributed by atoms with E-state index in [4.69, 9.17) is 11.5 Å². The fraction of sp³-hybridized carbons (Fsp3) is 0.208. The van der Waals surface area contributed by atoms with Gasteiger partial charge in [0.15, 0.2) is 5.96 Å². The first-order valence-electron chi connectivity index (χ1n) is 11.5. The first-order chi connectivity index (χ1) is 18.3. The number of nitrogens with zero attached hydrogens (tertiary/aromatic N) is 4. The van der Waals surface area contributed by atoms with Gasteiger partial charge in [-0.15, -0.1) is 12.4 Å². The smallest absolute Gasteiger partial charge is 0.272 e. The summed E-state index contributed by atoms with van der Waals surface area (Å²) >= 11 is 3.01. The van der Waals surface area contributed by atoms with Crippen molar-refractivity contribution in [2.75, 3.05) is 29.0 Å². The van der Waals surface area contributed by atoms with Crippen molar-refractivity contribution in [3.8, 4) is 0 Å². The highest BCUT2D eigenvalue weighted by molar-refractivity contribution is 9.12. The van der Waals surface area contributed by atoms with E-state index in [0.717, 1.165) is 0 Å². The molecular weight excluding hydrogens is 608 g/mol. The van der Waals surface area contributed by atoms with Crippen LogP contribution in [0.2, 0.25) is 0 Å². The molecule has 0 bridgehead atoms. The maximum Gasteiger partial charge on any atom is 0.272 e. The Morgan fingerprint density at radius 1 is 0.800 bits per heavy atom. The summed E-state index contributed by atoms with van der Waals surface area (Å²) in [7, 11) is 5.00. The Labute approximate surface area is 244 Å². The first kappa shape index (κ1) is 31.7. The molecule has 16 heteroatoms. The molecule has 4 amide bonds. The monoisotopic (exact) mass is 636 g/mol. The molecule has 0 atom stereocenters. The molecule has 0 spiro atoms. The molecule has 214 valence electrons. The van der Waals surface area contributed by atoms with Crippen molar-refractivity contribution in [3.05, 3.63) is 64.9 Å². The predicted octanol–water partition coefficient (Wildman–Crippen LogP) is 1.48. The molecule has 0 fully saturated rings. The standard InChI is InChI=1S/C24H29BrN10O4.ClH/c1-13(25)20(36)30-14-8-18(34(3)10-14)22(38)32-16-9-19(35(4)12-16)23(39)31-15-7-17(33(2)11-15)21(37)28-5-6-29-24(26)27;/h7-12H,1,5-6H2,2-4H3,(H,28,37)(H,30,36)(H,31,39)(H,32,38)(H4,26,27,29);1H. The summed E-state index contributed by atoms with van der Waals surface area (Å²) in [5.41, 5.74) is 12.6. The number of carbonyl (C=O) groups excluding carboxylic acids is 4. The number of nitrogens with one attached hydrogen (secondary N) is 4. The number of carbonyl (C=O) groups is 4. The van der Waals surface area contributed by atoms with Crippen molar-refractivity contribution in [1.82, 2.24) is 19.0 Å². The SMILES string of the molecule is C=C(Br)C(=O)Nc1cc(C(=O)Nc2cc(C(=O)Nc3cc(C(=O)NCCN=C(N)N)n(C)c3)n(C)c2)n(C)c1.Cl. The number of rotatable bonds is 10. The van der Waals surface area contributed by atoms with Crippen LogP contribution in [0.3, 0.4) is 0 Å². The van der Waals surface area contributed by atoms with Crippen molar-refractivity contribution in [2.24, 2.45) is 37.6 Å². The van der Waals surface area contributed by atoms with Gasteiger partial charge in [0.1, 0.15) is 17.1 Å². The Morgan fingerprint density at radius 3 is 1.60 bits per heavy atom. The van der Waals surface area contributed by atoms with E-state index < -0.39 is 17.7 Å². The Morgan fingerprint density at radius 2 is 1.20 bits per heavy atom. The summed E-state index contributed by atoms with van der Waals surface area (Å²) in [4.78, 5) is 53.8. The molecule has 0 aliphatic carbocycles. The number of amides is 4. The minimum absolute atomic E-state index is 0. The van der Waals surface area contributed by atoms with Crippen LogP contribution in [0.4, 0.5) is 17.1 Å². The van der Waals surface area contributed by atoms with E-state index >= 15 is 0 Å². The maximum atomic E-state index is 12.9. The number of aryl methyl sites for hydroxylation is 3. The second-order valence-electron chi connectivity index (χ2n) is 8.50. The van der Waals surface area contributed by atoms with Gasteiger partial charge >= 0.3 is 0 Å². The Kier molecular flexibility index (Phi) is 10.7. The minimum Gasteiger partial charge on any atom is -0.370 e. The van der Waals surface area contributed by atoms with Crippen LogP contribution in [0.5, 0.6) is 0 Å². The number of hydrogen-bond donors (Lipinski definition) is 6. The largest absolute Gasteiger partial charge is 0.370 e. The van der Waals surface area contributed by atoms with Gasteiger partial charge in [-0.25, -0.2) is 0 Å². The van der Waals surface area contributed by atoms with Crippen LogP contribution in [0.15, 0.2) is 52.8 Å². The van der Waals surface area contributed by atoms with Crippen LogP contribution in [0.25, 0.3) is 0 Å². The van der Waals surface area contributed by atoms with Gasteiger partial charge in [0, 0.05) is 46.3 Å². The number of aliphatic imine (C=N–C) groups is 1. The van der Waals surface area contributed by atoms with Crippen molar-refractivity contribution < 1.29 is 19.2 Å². The molecule has 3 heterocycles. The number of anilines is 3. The lowest BCUT2D eigenvalue weighted by Gasteiger charge is -2.04. The fourth-order valence-electron chi connectivity index (χ4n) is 3.61. The maximum absolute atomic E-state index is 12.9. The lowest BCUT2D eigenvalue weighted by atomic mass is 10.3. The van der Waals surface area contributed by atoms with Crippen LogP contribution < -0.4 is 32.7 Å². The van der Waals surface area contributed by atoms with E-state index in [2.05, 4.69) is 48.8 Å². The highest BCUT2D eigenvalue weighted by atomic mass is 79.9. The van der Waals surface area contributed by atoms with Crippen molar-refractivity contribution in [2.45, 2.75) is 0 Å². The Balaban J connectivity index is 0.00000560. The number of guanidine groups is 1. The molecular formula is C24H30BrClN10O4. The van der Waals surface area contributed by atoms with Gasteiger partial charge in [0.2, 0.25) is 0 Å². The summed E-state index contributed by atoms with van der Waals surface area (Å²) in [6.45, 7) is 3.99. The van der Waals surface area contributed by atoms with Gasteiger partial charge < -0.3 is 46.4 Å². The topological polar surface area (TPSA) is 196 Å². The highest BCUT2D eigenvalue weighted by Gasteiger charge is 2.19. The molecule has 8 N–H and O–H groups in total. The van der Waals surface area contributed by atoms with Gasteiger partial charge in [-0.2, -0.15) is 0 Å². The summed E-state index contributed by atoms with van der Waals surface area (Å²) in [6, 6.07) is 4.58. The molecule has 0 aromatic carbocycles. The molecule has 0 aliphatic rings. The normalized spacial score (nSPS) is 10.2. The average Bonchev–Trinajstić information content (AvgIpc) is 3.52. The lowest BCUT2D eigenvalue weighted by molar-refractivity contribution is -0.112. The molecule has 0 unspecified atom stereocenters. The Hall–Kier alpha value is -4.50. The third-order valence-corrected chi connectivity index (χ3v) is 5.78. The summed E-state index contributed by atoms with van der Waals surface area (Å²) in [6.07, 6.45) is 4.78. The zero-order valence-electron chi connectivity index (χ0n) is 21.9. The van der Waals surface area contributed by atoms with E-state index in [0.29, 0.717) is 22.8 Å². The predicted molar refractivity (Wildman–Crippen MR) is 159 cm³/mol. The van der Waals surface area contributed by atoms with E-state index in [1.807, 2.05) is 0 Å². The van der Waals surface area contributed by atoms with Gasteiger partial charge in [-0.3, -0.25) is 24.2 Å². The lowest BCUT2D eigenvalue weighted by Crippen LogP contribution is -2.29. The summed E-state index contributed by atoms with van der Waals surface area (Å²) in [5, 5.41) is 10.8. The van der Waals surface area contributed by atoms with Crippen LogP contribution in [-0.2, 0) is 25.9 Å². The van der Waals surface area contributed by atoms with E-state index in [9.17, 15) is 19.2 Å². The quantitative estimate of drug-likeness (QED) is 0.0843. The zero-order chi connectivity index (χ0) is 28.9. The van der Waals surface area contributed by atoms with E-state index in [1.165, 1.54) is 18.2 Å². The molecule has 0 radical (unpaired) electrons. The molecule has 0 saturated carbocycles. The number of hydrogen-bond acceptors (Lipinski definition) is 5. The minimum atomic E-state index is -0.442. The molecule has 3 aromatic rings. The third kappa shape index (κ3) is 8.00. The second-order valence-corrected chi connectivity index (χ2v) is 9.46. The third-order valence-electron chi connectivity index (χ3n) is 5.42. The number of halogens is 2. The average molecular weight is 638 g/mol. The van der Waals surface area contributed by atoms with Gasteiger partial charge in [0.05, 0.1) is 28.1 Å². The van der Waals surface area contributed by atoms with Crippen LogP contribution in [0, 0.1) is 0 Å². The molecule has 3 rings (SSSR count). The van der Waals surface area contributed by atoms with Gasteiger partial charge in [-0.05, 0) is 34.1 Å². The van der Waals surface area contributed by atoms with Crippen LogP contribution in [-0.4, -0.2) is 56.4 Å². The number of nitrogens with two attached hydrogens (primary N) is 2. The van der Waals surface area contributed by atoms with Crippen molar-refractivity contribution in [1.29, 1.82) is 0 Å². The van der Waals surface area contributed by atoms with Crippen molar-refractivity contribution >= 4 is 75.0 Å². The molecule has 14 nitrogen and oxygen atoms in total.